The Kier molecular flexibility index (Phi) is 5.81. The van der Waals surface area contributed by atoms with E-state index in [1.807, 2.05) is 55.5 Å². The van der Waals surface area contributed by atoms with Crippen molar-refractivity contribution in [3.05, 3.63) is 64.1 Å². The SMILES string of the molecule is CCN1C(=O)S[C@H](Cc2ccccc2OCc2ccc(Br)cc2)C1=O. The first kappa shape index (κ1) is 18.0. The van der Waals surface area contributed by atoms with Crippen LogP contribution >= 0.6 is 27.7 Å². The van der Waals surface area contributed by atoms with Gasteiger partial charge in [0, 0.05) is 11.0 Å². The highest BCUT2D eigenvalue weighted by Gasteiger charge is 2.38. The van der Waals surface area contributed by atoms with Crippen LogP contribution in [0.3, 0.4) is 0 Å². The van der Waals surface area contributed by atoms with E-state index in [2.05, 4.69) is 15.9 Å². The van der Waals surface area contributed by atoms with Crippen LogP contribution in [0.2, 0.25) is 0 Å². The van der Waals surface area contributed by atoms with Gasteiger partial charge in [0.1, 0.15) is 12.4 Å². The van der Waals surface area contributed by atoms with Crippen LogP contribution in [0.4, 0.5) is 4.79 Å². The Bertz CT molecular complexity index is 778. The topological polar surface area (TPSA) is 46.6 Å². The molecule has 1 fully saturated rings. The summed E-state index contributed by atoms with van der Waals surface area (Å²) in [5.74, 6) is 0.640. The largest absolute Gasteiger partial charge is 0.489 e. The zero-order valence-electron chi connectivity index (χ0n) is 13.8. The third-order valence-corrected chi connectivity index (χ3v) is 5.61. The Morgan fingerprint density at radius 2 is 1.84 bits per heavy atom. The summed E-state index contributed by atoms with van der Waals surface area (Å²) >= 11 is 4.52. The van der Waals surface area contributed by atoms with Gasteiger partial charge in [0.2, 0.25) is 5.91 Å². The van der Waals surface area contributed by atoms with E-state index < -0.39 is 0 Å². The van der Waals surface area contributed by atoms with E-state index in [-0.39, 0.29) is 16.4 Å². The minimum absolute atomic E-state index is 0.111. The van der Waals surface area contributed by atoms with E-state index in [0.717, 1.165) is 33.1 Å². The molecule has 0 N–H and O–H groups in total. The molecule has 0 bridgehead atoms. The van der Waals surface area contributed by atoms with Crippen molar-refractivity contribution in [3.8, 4) is 5.75 Å². The summed E-state index contributed by atoms with van der Waals surface area (Å²) in [6.45, 7) is 2.69. The van der Waals surface area contributed by atoms with Crippen LogP contribution < -0.4 is 4.74 Å². The minimum atomic E-state index is -0.370. The van der Waals surface area contributed by atoms with Gasteiger partial charge in [0.25, 0.3) is 5.24 Å². The molecule has 2 aromatic carbocycles. The van der Waals surface area contributed by atoms with Crippen LogP contribution in [-0.4, -0.2) is 27.8 Å². The second-order valence-electron chi connectivity index (χ2n) is 5.68. The fraction of sp³-hybridized carbons (Fsp3) is 0.263. The number of nitrogens with zero attached hydrogens (tertiary/aromatic N) is 1. The van der Waals surface area contributed by atoms with Crippen molar-refractivity contribution >= 4 is 38.8 Å². The molecular formula is C19H18BrNO3S. The van der Waals surface area contributed by atoms with Crippen LogP contribution in [0.5, 0.6) is 5.75 Å². The minimum Gasteiger partial charge on any atom is -0.489 e. The molecule has 1 heterocycles. The number of carbonyl (C=O) groups is 2. The second-order valence-corrected chi connectivity index (χ2v) is 7.75. The molecule has 25 heavy (non-hydrogen) atoms. The van der Waals surface area contributed by atoms with Gasteiger partial charge >= 0.3 is 0 Å². The highest BCUT2D eigenvalue weighted by Crippen LogP contribution is 2.32. The van der Waals surface area contributed by atoms with Crippen molar-refractivity contribution < 1.29 is 14.3 Å². The van der Waals surface area contributed by atoms with E-state index in [1.54, 1.807) is 0 Å². The smallest absolute Gasteiger partial charge is 0.289 e. The number of amides is 2. The molecule has 6 heteroatoms. The second kappa shape index (κ2) is 8.06. The molecule has 0 radical (unpaired) electrons. The molecule has 1 aliphatic heterocycles. The molecule has 3 rings (SSSR count). The van der Waals surface area contributed by atoms with Crippen LogP contribution in [-0.2, 0) is 17.8 Å². The van der Waals surface area contributed by atoms with Crippen molar-refractivity contribution in [3.63, 3.8) is 0 Å². The molecule has 0 spiro atoms. The lowest BCUT2D eigenvalue weighted by atomic mass is 10.1. The van der Waals surface area contributed by atoms with Crippen LogP contribution in [0.15, 0.2) is 53.0 Å². The van der Waals surface area contributed by atoms with E-state index in [9.17, 15) is 9.59 Å². The van der Waals surface area contributed by atoms with Crippen LogP contribution in [0, 0.1) is 0 Å². The first-order valence-electron chi connectivity index (χ1n) is 8.05. The molecule has 0 unspecified atom stereocenters. The number of benzene rings is 2. The van der Waals surface area contributed by atoms with Crippen molar-refractivity contribution in [2.75, 3.05) is 6.54 Å². The van der Waals surface area contributed by atoms with Gasteiger partial charge in [-0.05, 0) is 42.7 Å². The molecule has 0 aromatic heterocycles. The molecule has 0 saturated carbocycles. The maximum Gasteiger partial charge on any atom is 0.289 e. The standard InChI is InChI=1S/C19H18BrNO3S/c1-2-21-18(22)17(25-19(21)23)11-14-5-3-4-6-16(14)24-12-13-7-9-15(20)10-8-13/h3-10,17H,2,11-12H2,1H3/t17-/m1/s1. The molecular weight excluding hydrogens is 402 g/mol. The Hall–Kier alpha value is -1.79. The zero-order chi connectivity index (χ0) is 17.8. The number of ether oxygens (including phenoxy) is 1. The number of imide groups is 1. The van der Waals surface area contributed by atoms with E-state index >= 15 is 0 Å². The first-order chi connectivity index (χ1) is 12.1. The van der Waals surface area contributed by atoms with Crippen molar-refractivity contribution in [1.29, 1.82) is 0 Å². The fourth-order valence-corrected chi connectivity index (χ4v) is 4.01. The normalized spacial score (nSPS) is 17.2. The van der Waals surface area contributed by atoms with Gasteiger partial charge < -0.3 is 4.74 Å². The van der Waals surface area contributed by atoms with Gasteiger partial charge in [0.15, 0.2) is 0 Å². The molecule has 2 amide bonds. The zero-order valence-corrected chi connectivity index (χ0v) is 16.2. The van der Waals surface area contributed by atoms with Crippen LogP contribution in [0.1, 0.15) is 18.1 Å². The lowest BCUT2D eigenvalue weighted by molar-refractivity contribution is -0.126. The summed E-state index contributed by atoms with van der Waals surface area (Å²) in [7, 11) is 0. The highest BCUT2D eigenvalue weighted by atomic mass is 79.9. The maximum absolute atomic E-state index is 12.3. The first-order valence-corrected chi connectivity index (χ1v) is 9.73. The summed E-state index contributed by atoms with van der Waals surface area (Å²) in [4.78, 5) is 25.5. The number of halogens is 1. The Morgan fingerprint density at radius 1 is 1.12 bits per heavy atom. The number of hydrogen-bond acceptors (Lipinski definition) is 4. The van der Waals surface area contributed by atoms with Gasteiger partial charge in [-0.15, -0.1) is 0 Å². The van der Waals surface area contributed by atoms with Gasteiger partial charge in [0.05, 0.1) is 5.25 Å². The predicted molar refractivity (Wildman–Crippen MR) is 103 cm³/mol. The summed E-state index contributed by atoms with van der Waals surface area (Å²) in [5, 5.41) is -0.532. The number of carbonyl (C=O) groups excluding carboxylic acids is 2. The number of para-hydroxylation sites is 1. The van der Waals surface area contributed by atoms with Crippen molar-refractivity contribution in [1.82, 2.24) is 4.90 Å². The Balaban J connectivity index is 1.70. The lowest BCUT2D eigenvalue weighted by Crippen LogP contribution is -2.31. The predicted octanol–water partition coefficient (Wildman–Crippen LogP) is 4.65. The quantitative estimate of drug-likeness (QED) is 0.683. The lowest BCUT2D eigenvalue weighted by Gasteiger charge is -2.14. The monoisotopic (exact) mass is 419 g/mol. The van der Waals surface area contributed by atoms with Crippen LogP contribution in [0.25, 0.3) is 0 Å². The fourth-order valence-electron chi connectivity index (χ4n) is 2.67. The average Bonchev–Trinajstić information content (AvgIpc) is 2.88. The number of thioether (sulfide) groups is 1. The van der Waals surface area contributed by atoms with Gasteiger partial charge in [-0.3, -0.25) is 14.5 Å². The third-order valence-electron chi connectivity index (χ3n) is 4.01. The van der Waals surface area contributed by atoms with Gasteiger partial charge in [-0.2, -0.15) is 0 Å². The molecule has 130 valence electrons. The molecule has 0 aliphatic carbocycles. The highest BCUT2D eigenvalue weighted by molar-refractivity contribution is 9.10. The molecule has 1 aliphatic rings. The number of rotatable bonds is 6. The summed E-state index contributed by atoms with van der Waals surface area (Å²) in [5.41, 5.74) is 2.01. The van der Waals surface area contributed by atoms with Gasteiger partial charge in [-0.25, -0.2) is 0 Å². The van der Waals surface area contributed by atoms with E-state index in [1.165, 1.54) is 4.90 Å². The average molecular weight is 420 g/mol. The van der Waals surface area contributed by atoms with Crippen molar-refractivity contribution in [2.24, 2.45) is 0 Å². The van der Waals surface area contributed by atoms with E-state index in [0.29, 0.717) is 19.6 Å². The Labute approximate surface area is 159 Å². The summed E-state index contributed by atoms with van der Waals surface area (Å²) in [6.07, 6.45) is 0.488. The van der Waals surface area contributed by atoms with Crippen molar-refractivity contribution in [2.45, 2.75) is 25.2 Å². The summed E-state index contributed by atoms with van der Waals surface area (Å²) in [6, 6.07) is 15.6. The van der Waals surface area contributed by atoms with Gasteiger partial charge in [-0.1, -0.05) is 58.0 Å². The molecule has 4 nitrogen and oxygen atoms in total. The maximum atomic E-state index is 12.3. The third kappa shape index (κ3) is 4.25. The number of hydrogen-bond donors (Lipinski definition) is 0. The Morgan fingerprint density at radius 3 is 2.52 bits per heavy atom. The van der Waals surface area contributed by atoms with E-state index in [4.69, 9.17) is 4.74 Å². The summed E-state index contributed by atoms with van der Waals surface area (Å²) < 4.78 is 6.98. The molecule has 2 aromatic rings. The molecule has 1 atom stereocenters. The molecule has 1 saturated heterocycles.